The number of para-hydroxylation sites is 2. The Morgan fingerprint density at radius 3 is 1.85 bits per heavy atom. The molecule has 9 aromatic rings. The second-order valence-corrected chi connectivity index (χ2v) is 11.7. The average molecular weight is 588 g/mol. The lowest BCUT2D eigenvalue weighted by molar-refractivity contribution is 0.670. The third-order valence-corrected chi connectivity index (χ3v) is 9.04. The van der Waals surface area contributed by atoms with Crippen LogP contribution in [0.15, 0.2) is 180 Å². The third-order valence-electron chi connectivity index (χ3n) is 9.04. The number of rotatable bonds is 5. The van der Waals surface area contributed by atoms with E-state index in [2.05, 4.69) is 169 Å². The van der Waals surface area contributed by atoms with Gasteiger partial charge in [0, 0.05) is 33.1 Å². The topological polar surface area (TPSA) is 16.4 Å². The van der Waals surface area contributed by atoms with Crippen molar-refractivity contribution in [2.75, 3.05) is 4.90 Å². The minimum absolute atomic E-state index is 0.906. The van der Waals surface area contributed by atoms with Crippen LogP contribution in [0.4, 0.5) is 17.1 Å². The largest absolute Gasteiger partial charge is 0.455 e. The highest BCUT2D eigenvalue weighted by Crippen LogP contribution is 2.44. The number of benzene rings is 8. The molecule has 0 unspecified atom stereocenters. The summed E-state index contributed by atoms with van der Waals surface area (Å²) in [5.41, 5.74) is 9.73. The predicted molar refractivity (Wildman–Crippen MR) is 194 cm³/mol. The first-order valence-corrected chi connectivity index (χ1v) is 15.7. The van der Waals surface area contributed by atoms with Gasteiger partial charge in [0.15, 0.2) is 0 Å². The predicted octanol–water partition coefficient (Wildman–Crippen LogP) is 12.7. The van der Waals surface area contributed by atoms with E-state index in [1.807, 2.05) is 12.1 Å². The maximum atomic E-state index is 6.46. The maximum Gasteiger partial charge on any atom is 0.143 e. The van der Waals surface area contributed by atoms with E-state index < -0.39 is 0 Å². The number of hydrogen-bond acceptors (Lipinski definition) is 2. The quantitative estimate of drug-likeness (QED) is 0.186. The molecule has 0 aliphatic rings. The molecule has 0 atom stereocenters. The fourth-order valence-corrected chi connectivity index (χ4v) is 6.87. The van der Waals surface area contributed by atoms with E-state index in [-0.39, 0.29) is 0 Å². The van der Waals surface area contributed by atoms with Gasteiger partial charge in [0.25, 0.3) is 0 Å². The summed E-state index contributed by atoms with van der Waals surface area (Å²) in [6, 6.07) is 62.7. The molecule has 0 aliphatic heterocycles. The van der Waals surface area contributed by atoms with Gasteiger partial charge in [-0.05, 0) is 69.2 Å². The molecule has 8 aromatic carbocycles. The molecule has 0 saturated carbocycles. The van der Waals surface area contributed by atoms with Crippen molar-refractivity contribution in [2.45, 2.75) is 0 Å². The Bertz CT molecular complexity index is 2530. The van der Waals surface area contributed by atoms with Gasteiger partial charge in [0.05, 0.1) is 5.69 Å². The number of hydrogen-bond donors (Lipinski definition) is 0. The van der Waals surface area contributed by atoms with E-state index >= 15 is 0 Å². The first-order chi connectivity index (χ1) is 22.8. The Kier molecular flexibility index (Phi) is 6.17. The summed E-state index contributed by atoms with van der Waals surface area (Å²) in [5, 5.41) is 7.19. The number of nitrogens with zero attached hydrogens (tertiary/aromatic N) is 1. The highest BCUT2D eigenvalue weighted by atomic mass is 16.3. The van der Waals surface area contributed by atoms with Crippen molar-refractivity contribution in [1.29, 1.82) is 0 Å². The molecule has 216 valence electrons. The van der Waals surface area contributed by atoms with Crippen LogP contribution in [0, 0.1) is 0 Å². The molecule has 1 aromatic heterocycles. The molecule has 9 rings (SSSR count). The Labute approximate surface area is 267 Å². The zero-order valence-electron chi connectivity index (χ0n) is 25.1. The number of furan rings is 1. The smallest absolute Gasteiger partial charge is 0.143 e. The molecule has 0 bridgehead atoms. The fraction of sp³-hybridized carbons (Fsp3) is 0. The van der Waals surface area contributed by atoms with Gasteiger partial charge < -0.3 is 9.32 Å². The van der Waals surface area contributed by atoms with Crippen molar-refractivity contribution in [3.63, 3.8) is 0 Å². The Hall–Kier alpha value is -6.12. The standard InChI is InChI=1S/C44H29NO/c1-2-12-30(13-3-1)31-24-26-34(27-25-31)45(42-29-33-14-4-5-17-36(33)38-18-6-7-19-39(38)42)35-16-10-15-32(28-35)37-21-11-22-41-40-20-8-9-23-43(40)46-44(37)41/h1-29H. The summed E-state index contributed by atoms with van der Waals surface area (Å²) < 4.78 is 6.46. The summed E-state index contributed by atoms with van der Waals surface area (Å²) in [6.45, 7) is 0. The van der Waals surface area contributed by atoms with Crippen molar-refractivity contribution < 1.29 is 4.42 Å². The van der Waals surface area contributed by atoms with Crippen LogP contribution in [0.3, 0.4) is 0 Å². The third kappa shape index (κ3) is 4.35. The van der Waals surface area contributed by atoms with Crippen LogP contribution in [0.1, 0.15) is 0 Å². The summed E-state index contributed by atoms with van der Waals surface area (Å²) in [6.07, 6.45) is 0. The van der Waals surface area contributed by atoms with Crippen LogP contribution in [-0.2, 0) is 0 Å². The summed E-state index contributed by atoms with van der Waals surface area (Å²) in [7, 11) is 0. The second-order valence-electron chi connectivity index (χ2n) is 11.7. The van der Waals surface area contributed by atoms with E-state index in [1.54, 1.807) is 0 Å². The highest BCUT2D eigenvalue weighted by molar-refractivity contribution is 6.15. The lowest BCUT2D eigenvalue weighted by atomic mass is 9.98. The molecule has 2 heteroatoms. The molecule has 46 heavy (non-hydrogen) atoms. The monoisotopic (exact) mass is 587 g/mol. The van der Waals surface area contributed by atoms with Gasteiger partial charge in [-0.15, -0.1) is 0 Å². The normalized spacial score (nSPS) is 11.5. The van der Waals surface area contributed by atoms with Gasteiger partial charge in [-0.25, -0.2) is 0 Å². The van der Waals surface area contributed by atoms with Crippen molar-refractivity contribution in [3.8, 4) is 22.3 Å². The molecule has 0 fully saturated rings. The van der Waals surface area contributed by atoms with Crippen LogP contribution in [0.5, 0.6) is 0 Å². The lowest BCUT2D eigenvalue weighted by Gasteiger charge is -2.28. The highest BCUT2D eigenvalue weighted by Gasteiger charge is 2.19. The van der Waals surface area contributed by atoms with E-state index in [1.165, 1.54) is 32.7 Å². The molecule has 1 heterocycles. The summed E-state index contributed by atoms with van der Waals surface area (Å²) >= 11 is 0. The molecule has 0 saturated heterocycles. The van der Waals surface area contributed by atoms with Crippen molar-refractivity contribution in [3.05, 3.63) is 176 Å². The molecular formula is C44H29NO. The van der Waals surface area contributed by atoms with Crippen molar-refractivity contribution in [1.82, 2.24) is 0 Å². The van der Waals surface area contributed by atoms with Crippen LogP contribution in [-0.4, -0.2) is 0 Å². The van der Waals surface area contributed by atoms with E-state index in [4.69, 9.17) is 4.42 Å². The number of anilines is 3. The van der Waals surface area contributed by atoms with Crippen molar-refractivity contribution >= 4 is 60.5 Å². The second kappa shape index (κ2) is 10.8. The lowest BCUT2D eigenvalue weighted by Crippen LogP contribution is -2.10. The van der Waals surface area contributed by atoms with Gasteiger partial charge in [-0.1, -0.05) is 140 Å². The Morgan fingerprint density at radius 1 is 0.370 bits per heavy atom. The minimum atomic E-state index is 0.906. The molecule has 0 spiro atoms. The molecule has 0 amide bonds. The maximum absolute atomic E-state index is 6.46. The zero-order valence-corrected chi connectivity index (χ0v) is 25.1. The van der Waals surface area contributed by atoms with Gasteiger partial charge in [0.1, 0.15) is 11.2 Å². The molecule has 0 N–H and O–H groups in total. The summed E-state index contributed by atoms with van der Waals surface area (Å²) in [5.74, 6) is 0. The number of fused-ring (bicyclic) bond motifs is 6. The summed E-state index contributed by atoms with van der Waals surface area (Å²) in [4.78, 5) is 2.39. The average Bonchev–Trinajstić information content (AvgIpc) is 3.52. The van der Waals surface area contributed by atoms with E-state index in [0.29, 0.717) is 0 Å². The van der Waals surface area contributed by atoms with Crippen LogP contribution in [0.2, 0.25) is 0 Å². The zero-order chi connectivity index (χ0) is 30.5. The Morgan fingerprint density at radius 2 is 1.00 bits per heavy atom. The first-order valence-electron chi connectivity index (χ1n) is 15.7. The first kappa shape index (κ1) is 26.3. The van der Waals surface area contributed by atoms with Gasteiger partial charge in [0.2, 0.25) is 0 Å². The fourth-order valence-electron chi connectivity index (χ4n) is 6.87. The van der Waals surface area contributed by atoms with Gasteiger partial charge in [-0.3, -0.25) is 0 Å². The van der Waals surface area contributed by atoms with Crippen LogP contribution in [0.25, 0.3) is 65.7 Å². The van der Waals surface area contributed by atoms with Gasteiger partial charge in [-0.2, -0.15) is 0 Å². The van der Waals surface area contributed by atoms with Crippen molar-refractivity contribution in [2.24, 2.45) is 0 Å². The van der Waals surface area contributed by atoms with Crippen LogP contribution < -0.4 is 4.90 Å². The minimum Gasteiger partial charge on any atom is -0.455 e. The van der Waals surface area contributed by atoms with E-state index in [0.717, 1.165) is 50.1 Å². The Balaban J connectivity index is 1.27. The molecule has 0 aliphatic carbocycles. The molecular weight excluding hydrogens is 558 g/mol. The molecule has 0 radical (unpaired) electrons. The van der Waals surface area contributed by atoms with E-state index in [9.17, 15) is 0 Å². The van der Waals surface area contributed by atoms with Gasteiger partial charge >= 0.3 is 0 Å². The van der Waals surface area contributed by atoms with Crippen LogP contribution >= 0.6 is 0 Å². The molecule has 2 nitrogen and oxygen atoms in total. The SMILES string of the molecule is c1ccc(-c2ccc(N(c3cccc(-c4cccc5c4oc4ccccc45)c3)c3cc4ccccc4c4ccccc34)cc2)cc1.